The van der Waals surface area contributed by atoms with Crippen molar-refractivity contribution in [1.29, 1.82) is 0 Å². The van der Waals surface area contributed by atoms with Crippen molar-refractivity contribution < 1.29 is 4.52 Å². The summed E-state index contributed by atoms with van der Waals surface area (Å²) in [6.45, 7) is 8.62. The molecule has 0 unspecified atom stereocenters. The molecule has 1 N–H and O–H groups in total. The summed E-state index contributed by atoms with van der Waals surface area (Å²) >= 11 is 0. The molecule has 1 aliphatic heterocycles. The largest absolute Gasteiger partial charge is 0.361 e. The van der Waals surface area contributed by atoms with Gasteiger partial charge in [0, 0.05) is 30.9 Å². The molecule has 6 heteroatoms. The molecule has 0 saturated heterocycles. The highest BCUT2D eigenvalue weighted by molar-refractivity contribution is 14.0. The predicted octanol–water partition coefficient (Wildman–Crippen LogP) is 3.48. The summed E-state index contributed by atoms with van der Waals surface area (Å²) in [6, 6.07) is 8.56. The third kappa shape index (κ3) is 3.91. The Hall–Kier alpha value is -1.57. The fourth-order valence-corrected chi connectivity index (χ4v) is 3.09. The number of rotatable bonds is 4. The van der Waals surface area contributed by atoms with Crippen LogP contribution < -0.4 is 10.2 Å². The van der Waals surface area contributed by atoms with Crippen LogP contribution in [-0.2, 0) is 12.8 Å². The summed E-state index contributed by atoms with van der Waals surface area (Å²) in [5.41, 5.74) is 4.80. The van der Waals surface area contributed by atoms with E-state index in [0.717, 1.165) is 49.9 Å². The number of aromatic nitrogens is 1. The van der Waals surface area contributed by atoms with Crippen LogP contribution in [0, 0.1) is 13.8 Å². The summed E-state index contributed by atoms with van der Waals surface area (Å²) in [5.74, 6) is 1.86. The molecular formula is C18H25IN4O. The lowest BCUT2D eigenvalue weighted by molar-refractivity contribution is 0.392. The first-order valence-electron chi connectivity index (χ1n) is 8.26. The first-order chi connectivity index (χ1) is 11.2. The van der Waals surface area contributed by atoms with Crippen LogP contribution in [0.1, 0.15) is 29.5 Å². The third-order valence-electron chi connectivity index (χ3n) is 4.28. The molecular weight excluding hydrogens is 415 g/mol. The van der Waals surface area contributed by atoms with Crippen LogP contribution in [-0.4, -0.2) is 30.8 Å². The Bertz CT molecular complexity index is 691. The summed E-state index contributed by atoms with van der Waals surface area (Å²) in [5, 5.41) is 7.42. The van der Waals surface area contributed by atoms with E-state index < -0.39 is 0 Å². The van der Waals surface area contributed by atoms with E-state index in [1.165, 1.54) is 16.8 Å². The van der Waals surface area contributed by atoms with Gasteiger partial charge in [0.15, 0.2) is 5.96 Å². The van der Waals surface area contributed by atoms with E-state index in [9.17, 15) is 0 Å². The summed E-state index contributed by atoms with van der Waals surface area (Å²) in [7, 11) is 0. The van der Waals surface area contributed by atoms with Crippen molar-refractivity contribution in [3.8, 4) is 0 Å². The molecule has 3 rings (SSSR count). The molecule has 0 bridgehead atoms. The highest BCUT2D eigenvalue weighted by Crippen LogP contribution is 2.27. The second-order valence-electron chi connectivity index (χ2n) is 5.82. The minimum absolute atomic E-state index is 0. The van der Waals surface area contributed by atoms with Crippen molar-refractivity contribution in [3.63, 3.8) is 0 Å². The summed E-state index contributed by atoms with van der Waals surface area (Å²) in [4.78, 5) is 7.10. The smallest absolute Gasteiger partial charge is 0.198 e. The second-order valence-corrected chi connectivity index (χ2v) is 5.82. The van der Waals surface area contributed by atoms with Crippen molar-refractivity contribution in [3.05, 3.63) is 46.8 Å². The number of guanidine groups is 1. The monoisotopic (exact) mass is 440 g/mol. The standard InChI is InChI=1S/C18H24N4O.HI/c1-4-19-18(20-11-9-16-13(2)21-23-14(16)3)22-12-10-15-7-5-6-8-17(15)22;/h5-8H,4,9-12H2,1-3H3,(H,19,20);1H. The number of hydrogen-bond donors (Lipinski definition) is 1. The maximum absolute atomic E-state index is 5.22. The SMILES string of the molecule is CCNC(=NCCc1c(C)noc1C)N1CCc2ccccc21.I. The Morgan fingerprint density at radius 2 is 2.12 bits per heavy atom. The number of benzene rings is 1. The predicted molar refractivity (Wildman–Crippen MR) is 109 cm³/mol. The van der Waals surface area contributed by atoms with Gasteiger partial charge in [-0.15, -0.1) is 24.0 Å². The molecule has 130 valence electrons. The van der Waals surface area contributed by atoms with Crippen molar-refractivity contribution in [2.45, 2.75) is 33.6 Å². The van der Waals surface area contributed by atoms with Crippen LogP contribution in [0.25, 0.3) is 0 Å². The first kappa shape index (κ1) is 18.8. The zero-order chi connectivity index (χ0) is 16.2. The topological polar surface area (TPSA) is 53.7 Å². The van der Waals surface area contributed by atoms with E-state index >= 15 is 0 Å². The fourth-order valence-electron chi connectivity index (χ4n) is 3.09. The summed E-state index contributed by atoms with van der Waals surface area (Å²) < 4.78 is 5.22. The van der Waals surface area contributed by atoms with Crippen LogP contribution in [0.3, 0.4) is 0 Å². The van der Waals surface area contributed by atoms with Crippen LogP contribution in [0.4, 0.5) is 5.69 Å². The zero-order valence-electron chi connectivity index (χ0n) is 14.5. The molecule has 2 heterocycles. The number of fused-ring (bicyclic) bond motifs is 1. The minimum atomic E-state index is 0. The summed E-state index contributed by atoms with van der Waals surface area (Å²) in [6.07, 6.45) is 1.93. The van der Waals surface area contributed by atoms with E-state index in [1.807, 2.05) is 13.8 Å². The zero-order valence-corrected chi connectivity index (χ0v) is 16.8. The molecule has 2 aromatic rings. The number of anilines is 1. The Kier molecular flexibility index (Phi) is 6.65. The third-order valence-corrected chi connectivity index (χ3v) is 4.28. The lowest BCUT2D eigenvalue weighted by Gasteiger charge is -2.22. The highest BCUT2D eigenvalue weighted by Gasteiger charge is 2.22. The normalized spacial score (nSPS) is 13.6. The second kappa shape index (κ2) is 8.50. The number of aryl methyl sites for hydroxylation is 2. The van der Waals surface area contributed by atoms with Gasteiger partial charge in [-0.05, 0) is 45.2 Å². The molecule has 1 aliphatic rings. The van der Waals surface area contributed by atoms with E-state index in [0.29, 0.717) is 0 Å². The van der Waals surface area contributed by atoms with Gasteiger partial charge in [-0.3, -0.25) is 4.99 Å². The van der Waals surface area contributed by atoms with Gasteiger partial charge in [0.25, 0.3) is 0 Å². The molecule has 0 aliphatic carbocycles. The number of nitrogens with one attached hydrogen (secondary N) is 1. The van der Waals surface area contributed by atoms with E-state index in [2.05, 4.69) is 46.6 Å². The van der Waals surface area contributed by atoms with Gasteiger partial charge in [0.05, 0.1) is 5.69 Å². The van der Waals surface area contributed by atoms with Crippen molar-refractivity contribution in [2.75, 3.05) is 24.5 Å². The van der Waals surface area contributed by atoms with Crippen molar-refractivity contribution in [2.24, 2.45) is 4.99 Å². The highest BCUT2D eigenvalue weighted by atomic mass is 127. The molecule has 1 aromatic heterocycles. The molecule has 1 aromatic carbocycles. The van der Waals surface area contributed by atoms with Crippen LogP contribution >= 0.6 is 24.0 Å². The maximum Gasteiger partial charge on any atom is 0.198 e. The molecule has 24 heavy (non-hydrogen) atoms. The van der Waals surface area contributed by atoms with Gasteiger partial charge >= 0.3 is 0 Å². The van der Waals surface area contributed by atoms with Gasteiger partial charge in [-0.1, -0.05) is 23.4 Å². The minimum Gasteiger partial charge on any atom is -0.361 e. The average molecular weight is 440 g/mol. The lowest BCUT2D eigenvalue weighted by atomic mass is 10.1. The Morgan fingerprint density at radius 1 is 1.33 bits per heavy atom. The number of hydrogen-bond acceptors (Lipinski definition) is 3. The molecule has 5 nitrogen and oxygen atoms in total. The van der Waals surface area contributed by atoms with Gasteiger partial charge in [0.1, 0.15) is 5.76 Å². The molecule has 0 atom stereocenters. The number of nitrogens with zero attached hydrogens (tertiary/aromatic N) is 3. The van der Waals surface area contributed by atoms with Gasteiger partial charge < -0.3 is 14.7 Å². The first-order valence-corrected chi connectivity index (χ1v) is 8.26. The number of halogens is 1. The van der Waals surface area contributed by atoms with Crippen LogP contribution in [0.5, 0.6) is 0 Å². The van der Waals surface area contributed by atoms with Crippen molar-refractivity contribution in [1.82, 2.24) is 10.5 Å². The van der Waals surface area contributed by atoms with Gasteiger partial charge in [0.2, 0.25) is 0 Å². The van der Waals surface area contributed by atoms with Gasteiger partial charge in [-0.25, -0.2) is 0 Å². The molecule has 0 fully saturated rings. The molecule has 0 saturated carbocycles. The van der Waals surface area contributed by atoms with E-state index in [4.69, 9.17) is 9.52 Å². The van der Waals surface area contributed by atoms with Crippen LogP contribution in [0.2, 0.25) is 0 Å². The Morgan fingerprint density at radius 3 is 2.83 bits per heavy atom. The Labute approximate surface area is 160 Å². The van der Waals surface area contributed by atoms with E-state index in [-0.39, 0.29) is 24.0 Å². The average Bonchev–Trinajstić information content (AvgIpc) is 3.12. The molecule has 0 amide bonds. The lowest BCUT2D eigenvalue weighted by Crippen LogP contribution is -2.40. The fraction of sp³-hybridized carbons (Fsp3) is 0.444. The molecule has 0 spiro atoms. The number of para-hydroxylation sites is 1. The maximum atomic E-state index is 5.22. The van der Waals surface area contributed by atoms with Gasteiger partial charge in [-0.2, -0.15) is 0 Å². The van der Waals surface area contributed by atoms with Crippen LogP contribution in [0.15, 0.2) is 33.8 Å². The quantitative estimate of drug-likeness (QED) is 0.450. The van der Waals surface area contributed by atoms with E-state index in [1.54, 1.807) is 0 Å². The Balaban J connectivity index is 0.00000208. The number of aliphatic imine (C=N–C) groups is 1. The molecule has 0 radical (unpaired) electrons. The van der Waals surface area contributed by atoms with Crippen molar-refractivity contribution >= 4 is 35.6 Å².